The molecule has 0 spiro atoms. The Balaban J connectivity index is 2.24. The van der Waals surface area contributed by atoms with Gasteiger partial charge >= 0.3 is 0 Å². The summed E-state index contributed by atoms with van der Waals surface area (Å²) in [6.07, 6.45) is 2.56. The molecule has 35 heavy (non-hydrogen) atoms. The van der Waals surface area contributed by atoms with E-state index in [0.717, 1.165) is 5.56 Å². The molecule has 0 saturated carbocycles. The highest BCUT2D eigenvalue weighted by Gasteiger charge is 2.29. The maximum Gasteiger partial charge on any atom is 0.243 e. The van der Waals surface area contributed by atoms with E-state index in [-0.39, 0.29) is 24.5 Å². The van der Waals surface area contributed by atoms with Crippen LogP contribution in [0.1, 0.15) is 24.5 Å². The van der Waals surface area contributed by atoms with Gasteiger partial charge in [0.05, 0.1) is 0 Å². The Morgan fingerprint density at radius 2 is 1.34 bits per heavy atom. The van der Waals surface area contributed by atoms with Gasteiger partial charge < -0.3 is 26.8 Å². The number of amides is 4. The maximum atomic E-state index is 13.2. The van der Waals surface area contributed by atoms with Crippen LogP contribution in [0.3, 0.4) is 0 Å². The number of aromatic hydroxyl groups is 1. The quantitative estimate of drug-likeness (QED) is 0.276. The van der Waals surface area contributed by atoms with Crippen molar-refractivity contribution in [2.75, 3.05) is 12.0 Å². The number of phenolic OH excluding ortho intramolecular Hbond substituents is 1. The molecule has 0 aromatic heterocycles. The van der Waals surface area contributed by atoms with Crippen LogP contribution in [0.25, 0.3) is 0 Å². The van der Waals surface area contributed by atoms with Crippen molar-refractivity contribution < 1.29 is 24.3 Å². The fraction of sp³-hybridized carbons (Fsp3) is 0.360. The predicted octanol–water partition coefficient (Wildman–Crippen LogP) is 0.890. The second-order valence-electron chi connectivity index (χ2n) is 8.12. The van der Waals surface area contributed by atoms with Crippen LogP contribution in [-0.2, 0) is 32.0 Å². The van der Waals surface area contributed by atoms with Crippen LogP contribution >= 0.6 is 11.8 Å². The largest absolute Gasteiger partial charge is 0.508 e. The third-order valence-corrected chi connectivity index (χ3v) is 5.90. The summed E-state index contributed by atoms with van der Waals surface area (Å²) < 4.78 is 0. The number of hydrogen-bond donors (Lipinski definition) is 5. The Hall–Kier alpha value is -3.53. The maximum absolute atomic E-state index is 13.2. The van der Waals surface area contributed by atoms with Gasteiger partial charge in [-0.15, -0.1) is 0 Å². The Morgan fingerprint density at radius 3 is 1.86 bits per heavy atom. The summed E-state index contributed by atoms with van der Waals surface area (Å²) in [5.74, 6) is -1.47. The molecule has 6 N–H and O–H groups in total. The van der Waals surface area contributed by atoms with Crippen LogP contribution in [0.5, 0.6) is 5.75 Å². The van der Waals surface area contributed by atoms with Gasteiger partial charge in [-0.2, -0.15) is 11.8 Å². The summed E-state index contributed by atoms with van der Waals surface area (Å²) >= 11 is 1.52. The predicted molar refractivity (Wildman–Crippen MR) is 136 cm³/mol. The van der Waals surface area contributed by atoms with E-state index in [2.05, 4.69) is 16.0 Å². The molecule has 0 unspecified atom stereocenters. The number of nitrogens with two attached hydrogens (primary N) is 1. The van der Waals surface area contributed by atoms with Crippen LogP contribution < -0.4 is 21.7 Å². The molecule has 9 nitrogen and oxygen atoms in total. The van der Waals surface area contributed by atoms with E-state index in [1.807, 2.05) is 36.6 Å². The highest BCUT2D eigenvalue weighted by molar-refractivity contribution is 7.98. The molecule has 2 rings (SSSR count). The number of hydrogen-bond acceptors (Lipinski definition) is 6. The second-order valence-corrected chi connectivity index (χ2v) is 9.11. The van der Waals surface area contributed by atoms with Gasteiger partial charge in [0.2, 0.25) is 23.6 Å². The van der Waals surface area contributed by atoms with Crippen LogP contribution in [0.4, 0.5) is 0 Å². The van der Waals surface area contributed by atoms with Crippen molar-refractivity contribution in [2.45, 2.75) is 44.3 Å². The first-order valence-electron chi connectivity index (χ1n) is 11.2. The standard InChI is InChI=1S/C25H32N4O5S/c1-16(30)27-21(14-17-6-4-3-5-7-17)24(33)29-22(15-18-8-10-19(31)11-9-18)25(34)28-20(23(26)32)12-13-35-2/h3-11,20-22,31H,12-15H2,1-2H3,(H2,26,32)(H,27,30)(H,28,34)(H,29,33)/t20-,21-,22-/m1/s1. The SMILES string of the molecule is CSCC[C@@H](NC(=O)[C@@H](Cc1ccc(O)cc1)NC(=O)[C@@H](Cc1ccccc1)NC(C)=O)C(N)=O. The van der Waals surface area contributed by atoms with Crippen molar-refractivity contribution in [1.82, 2.24) is 16.0 Å². The summed E-state index contributed by atoms with van der Waals surface area (Å²) in [6, 6.07) is 12.6. The highest BCUT2D eigenvalue weighted by atomic mass is 32.2. The van der Waals surface area contributed by atoms with Crippen LogP contribution in [-0.4, -0.2) is 58.9 Å². The molecule has 2 aromatic carbocycles. The molecule has 2 aromatic rings. The first kappa shape index (κ1) is 27.7. The lowest BCUT2D eigenvalue weighted by atomic mass is 10.0. The van der Waals surface area contributed by atoms with Gasteiger partial charge in [0.15, 0.2) is 0 Å². The second kappa shape index (κ2) is 14.0. The highest BCUT2D eigenvalue weighted by Crippen LogP contribution is 2.12. The lowest BCUT2D eigenvalue weighted by molar-refractivity contribution is -0.133. The molecule has 3 atom stereocenters. The normalized spacial score (nSPS) is 13.2. The van der Waals surface area contributed by atoms with Crippen molar-refractivity contribution in [1.29, 1.82) is 0 Å². The summed E-state index contributed by atoms with van der Waals surface area (Å²) in [6.45, 7) is 1.31. The molecule has 0 saturated heterocycles. The van der Waals surface area contributed by atoms with Crippen molar-refractivity contribution in [3.05, 3.63) is 65.7 Å². The molecule has 188 valence electrons. The lowest BCUT2D eigenvalue weighted by Crippen LogP contribution is -2.57. The number of primary amides is 1. The zero-order valence-corrected chi connectivity index (χ0v) is 20.6. The Bertz CT molecular complexity index is 1000. The lowest BCUT2D eigenvalue weighted by Gasteiger charge is -2.25. The van der Waals surface area contributed by atoms with Crippen LogP contribution in [0.2, 0.25) is 0 Å². The van der Waals surface area contributed by atoms with E-state index in [1.54, 1.807) is 12.1 Å². The monoisotopic (exact) mass is 500 g/mol. The zero-order chi connectivity index (χ0) is 25.8. The Labute approximate surface area is 209 Å². The molecular weight excluding hydrogens is 468 g/mol. The minimum atomic E-state index is -1.05. The number of phenols is 1. The molecule has 0 heterocycles. The minimum Gasteiger partial charge on any atom is -0.508 e. The molecule has 0 fully saturated rings. The summed E-state index contributed by atoms with van der Waals surface area (Å²) in [5.41, 5.74) is 6.98. The van der Waals surface area contributed by atoms with Gasteiger partial charge in [0.25, 0.3) is 0 Å². The topological polar surface area (TPSA) is 151 Å². The van der Waals surface area contributed by atoms with Crippen molar-refractivity contribution in [3.8, 4) is 5.75 Å². The first-order valence-corrected chi connectivity index (χ1v) is 12.6. The van der Waals surface area contributed by atoms with E-state index in [9.17, 15) is 24.3 Å². The third-order valence-electron chi connectivity index (χ3n) is 5.26. The molecule has 0 aliphatic rings. The number of carbonyl (C=O) groups excluding carboxylic acids is 4. The van der Waals surface area contributed by atoms with Crippen molar-refractivity contribution >= 4 is 35.4 Å². The van der Waals surface area contributed by atoms with Gasteiger partial charge in [-0.3, -0.25) is 19.2 Å². The average molecular weight is 501 g/mol. The Morgan fingerprint density at radius 1 is 0.829 bits per heavy atom. The Kier molecular flexibility index (Phi) is 11.1. The fourth-order valence-corrected chi connectivity index (χ4v) is 3.92. The van der Waals surface area contributed by atoms with Gasteiger partial charge in [-0.1, -0.05) is 42.5 Å². The zero-order valence-electron chi connectivity index (χ0n) is 19.8. The molecule has 0 aliphatic heterocycles. The van der Waals surface area contributed by atoms with E-state index >= 15 is 0 Å². The van der Waals surface area contributed by atoms with E-state index in [1.165, 1.54) is 30.8 Å². The minimum absolute atomic E-state index is 0.0678. The van der Waals surface area contributed by atoms with Gasteiger partial charge in [-0.25, -0.2) is 0 Å². The van der Waals surface area contributed by atoms with Gasteiger partial charge in [-0.05, 0) is 41.7 Å². The van der Waals surface area contributed by atoms with Crippen LogP contribution in [0.15, 0.2) is 54.6 Å². The summed E-state index contributed by atoms with van der Waals surface area (Å²) in [7, 11) is 0. The van der Waals surface area contributed by atoms with Gasteiger partial charge in [0.1, 0.15) is 23.9 Å². The molecular formula is C25H32N4O5S. The van der Waals surface area contributed by atoms with Gasteiger partial charge in [0, 0.05) is 19.8 Å². The first-order chi connectivity index (χ1) is 16.7. The number of benzene rings is 2. The third kappa shape index (κ3) is 9.70. The van der Waals surface area contributed by atoms with E-state index in [4.69, 9.17) is 5.73 Å². The molecule has 0 radical (unpaired) electrons. The van der Waals surface area contributed by atoms with E-state index in [0.29, 0.717) is 17.7 Å². The van der Waals surface area contributed by atoms with E-state index < -0.39 is 35.8 Å². The summed E-state index contributed by atoms with van der Waals surface area (Å²) in [5, 5.41) is 17.6. The van der Waals surface area contributed by atoms with Crippen molar-refractivity contribution in [2.24, 2.45) is 5.73 Å². The molecule has 10 heteroatoms. The smallest absolute Gasteiger partial charge is 0.243 e. The molecule has 0 bridgehead atoms. The number of carbonyl (C=O) groups is 4. The fourth-order valence-electron chi connectivity index (χ4n) is 3.45. The number of nitrogens with one attached hydrogen (secondary N) is 3. The summed E-state index contributed by atoms with van der Waals surface area (Å²) in [4.78, 5) is 50.0. The molecule has 4 amide bonds. The number of rotatable bonds is 13. The number of thioether (sulfide) groups is 1. The van der Waals surface area contributed by atoms with Crippen LogP contribution in [0, 0.1) is 0 Å². The molecule has 0 aliphatic carbocycles. The van der Waals surface area contributed by atoms with Crippen molar-refractivity contribution in [3.63, 3.8) is 0 Å². The average Bonchev–Trinajstić information content (AvgIpc) is 2.82.